The lowest BCUT2D eigenvalue weighted by molar-refractivity contribution is 0.421. The Kier molecular flexibility index (Phi) is 6.54. The molecule has 0 saturated heterocycles. The topological polar surface area (TPSA) is 88.2 Å². The zero-order valence-electron chi connectivity index (χ0n) is 15.2. The van der Waals surface area contributed by atoms with Crippen molar-refractivity contribution in [3.8, 4) is 11.6 Å². The van der Waals surface area contributed by atoms with E-state index in [1.165, 1.54) is 5.56 Å². The quantitative estimate of drug-likeness (QED) is 0.462. The second-order valence-electron chi connectivity index (χ2n) is 5.87. The third-order valence-electron chi connectivity index (χ3n) is 3.94. The van der Waals surface area contributed by atoms with Gasteiger partial charge in [-0.2, -0.15) is 4.98 Å². The van der Waals surface area contributed by atoms with Crippen molar-refractivity contribution in [2.24, 2.45) is 4.99 Å². The van der Waals surface area contributed by atoms with E-state index in [0.29, 0.717) is 36.3 Å². The number of hydrogen-bond donors (Lipinski definition) is 2. The zero-order valence-corrected chi connectivity index (χ0v) is 16.8. The summed E-state index contributed by atoms with van der Waals surface area (Å²) < 4.78 is 6.33. The highest BCUT2D eigenvalue weighted by molar-refractivity contribution is 9.10. The van der Waals surface area contributed by atoms with Gasteiger partial charge in [-0.1, -0.05) is 45.4 Å². The summed E-state index contributed by atoms with van der Waals surface area (Å²) in [6, 6.07) is 13.8. The van der Waals surface area contributed by atoms with E-state index in [0.717, 1.165) is 4.47 Å². The van der Waals surface area contributed by atoms with E-state index in [1.54, 1.807) is 13.2 Å². The van der Waals surface area contributed by atoms with E-state index >= 15 is 0 Å². The smallest absolute Gasteiger partial charge is 0.276 e. The van der Waals surface area contributed by atoms with Crippen LogP contribution in [0.3, 0.4) is 0 Å². The first kappa shape index (κ1) is 19.0. The van der Waals surface area contributed by atoms with Crippen molar-refractivity contribution in [2.75, 3.05) is 13.6 Å². The Balaban J connectivity index is 1.52. The minimum atomic E-state index is 0.104. The summed E-state index contributed by atoms with van der Waals surface area (Å²) in [5, 5.41) is 10.7. The molecule has 3 rings (SSSR count). The Labute approximate surface area is 166 Å². The number of nitrogens with zero attached hydrogens (tertiary/aromatic N) is 4. The standard InChI is InChI=1S/C19H21BrN6O/c1-13(14-7-3-4-8-15(14)20)24-19(21-2)23-12-10-17-25-18(27-26-17)16-9-5-6-11-22-16/h3-9,11,13H,10,12H2,1-2H3,(H2,21,23,24). The lowest BCUT2D eigenvalue weighted by Crippen LogP contribution is -2.39. The molecule has 0 fully saturated rings. The number of guanidine groups is 1. The minimum absolute atomic E-state index is 0.104. The lowest BCUT2D eigenvalue weighted by atomic mass is 10.1. The Bertz CT molecular complexity index is 896. The van der Waals surface area contributed by atoms with E-state index in [1.807, 2.05) is 36.4 Å². The van der Waals surface area contributed by atoms with Gasteiger partial charge in [-0.25, -0.2) is 0 Å². The molecular weight excluding hydrogens is 408 g/mol. The Hall–Kier alpha value is -2.74. The molecule has 27 heavy (non-hydrogen) atoms. The van der Waals surface area contributed by atoms with Crippen LogP contribution in [0.15, 0.2) is 62.6 Å². The first-order chi connectivity index (χ1) is 13.2. The molecule has 0 saturated carbocycles. The largest absolute Gasteiger partial charge is 0.356 e. The predicted molar refractivity (Wildman–Crippen MR) is 108 cm³/mol. The maximum Gasteiger partial charge on any atom is 0.276 e. The normalized spacial score (nSPS) is 12.6. The second kappa shape index (κ2) is 9.27. The summed E-state index contributed by atoms with van der Waals surface area (Å²) in [6.45, 7) is 2.72. The zero-order chi connectivity index (χ0) is 19.1. The summed E-state index contributed by atoms with van der Waals surface area (Å²) in [5.74, 6) is 1.76. The number of rotatable bonds is 6. The molecule has 7 nitrogen and oxygen atoms in total. The molecule has 8 heteroatoms. The van der Waals surface area contributed by atoms with Crippen LogP contribution in [0.5, 0.6) is 0 Å². The minimum Gasteiger partial charge on any atom is -0.356 e. The number of halogens is 1. The van der Waals surface area contributed by atoms with Crippen LogP contribution >= 0.6 is 15.9 Å². The van der Waals surface area contributed by atoms with Crippen LogP contribution in [-0.4, -0.2) is 34.7 Å². The van der Waals surface area contributed by atoms with Crippen LogP contribution < -0.4 is 10.6 Å². The summed E-state index contributed by atoms with van der Waals surface area (Å²) in [7, 11) is 1.75. The summed E-state index contributed by atoms with van der Waals surface area (Å²) >= 11 is 3.58. The molecular formula is C19H21BrN6O. The van der Waals surface area contributed by atoms with Gasteiger partial charge < -0.3 is 15.2 Å². The number of nitrogens with one attached hydrogen (secondary N) is 2. The van der Waals surface area contributed by atoms with Gasteiger partial charge in [0.25, 0.3) is 5.89 Å². The molecule has 2 heterocycles. The molecule has 140 valence electrons. The van der Waals surface area contributed by atoms with Crippen LogP contribution in [0, 0.1) is 0 Å². The predicted octanol–water partition coefficient (Wildman–Crippen LogP) is 3.36. The summed E-state index contributed by atoms with van der Waals surface area (Å²) in [5.41, 5.74) is 1.84. The SMILES string of the molecule is CN=C(NCCc1noc(-c2ccccn2)n1)NC(C)c1ccccc1Br. The average molecular weight is 429 g/mol. The second-order valence-corrected chi connectivity index (χ2v) is 6.72. The number of benzene rings is 1. The van der Waals surface area contributed by atoms with Crippen molar-refractivity contribution < 1.29 is 4.52 Å². The van der Waals surface area contributed by atoms with E-state index in [9.17, 15) is 0 Å². The van der Waals surface area contributed by atoms with Crippen LogP contribution in [0.25, 0.3) is 11.6 Å². The van der Waals surface area contributed by atoms with Crippen LogP contribution in [0.4, 0.5) is 0 Å². The molecule has 0 spiro atoms. The number of pyridine rings is 1. The number of aromatic nitrogens is 3. The van der Waals surface area contributed by atoms with Gasteiger partial charge in [0.15, 0.2) is 11.8 Å². The number of aliphatic imine (C=N–C) groups is 1. The first-order valence-corrected chi connectivity index (χ1v) is 9.42. The summed E-state index contributed by atoms with van der Waals surface area (Å²) in [6.07, 6.45) is 2.31. The molecule has 0 amide bonds. The Morgan fingerprint density at radius 2 is 2.04 bits per heavy atom. The van der Waals surface area contributed by atoms with Gasteiger partial charge in [0, 0.05) is 30.7 Å². The van der Waals surface area contributed by atoms with Gasteiger partial charge in [-0.15, -0.1) is 0 Å². The van der Waals surface area contributed by atoms with Crippen LogP contribution in [-0.2, 0) is 6.42 Å². The molecule has 0 aliphatic rings. The molecule has 3 aromatic rings. The van der Waals surface area contributed by atoms with Crippen molar-refractivity contribution in [3.63, 3.8) is 0 Å². The van der Waals surface area contributed by atoms with E-state index in [2.05, 4.69) is 59.7 Å². The average Bonchev–Trinajstić information content (AvgIpc) is 3.17. The number of hydrogen-bond acceptors (Lipinski definition) is 5. The van der Waals surface area contributed by atoms with Crippen molar-refractivity contribution >= 4 is 21.9 Å². The molecule has 1 atom stereocenters. The third kappa shape index (κ3) is 5.13. The fourth-order valence-electron chi connectivity index (χ4n) is 2.55. The third-order valence-corrected chi connectivity index (χ3v) is 4.66. The summed E-state index contributed by atoms with van der Waals surface area (Å²) in [4.78, 5) is 12.9. The maximum atomic E-state index is 5.27. The van der Waals surface area contributed by atoms with E-state index in [4.69, 9.17) is 4.52 Å². The van der Waals surface area contributed by atoms with Crippen molar-refractivity contribution in [1.82, 2.24) is 25.8 Å². The molecule has 0 aliphatic heterocycles. The fraction of sp³-hybridized carbons (Fsp3) is 0.263. The first-order valence-electron chi connectivity index (χ1n) is 8.63. The monoisotopic (exact) mass is 428 g/mol. The molecule has 2 aromatic heterocycles. The van der Waals surface area contributed by atoms with Crippen molar-refractivity contribution in [3.05, 3.63) is 64.5 Å². The lowest BCUT2D eigenvalue weighted by Gasteiger charge is -2.19. The Morgan fingerprint density at radius 3 is 2.78 bits per heavy atom. The molecule has 0 bridgehead atoms. The molecule has 1 aromatic carbocycles. The highest BCUT2D eigenvalue weighted by atomic mass is 79.9. The molecule has 2 N–H and O–H groups in total. The van der Waals surface area contributed by atoms with Crippen LogP contribution in [0.1, 0.15) is 24.4 Å². The highest BCUT2D eigenvalue weighted by Crippen LogP contribution is 2.22. The maximum absolute atomic E-state index is 5.27. The van der Waals surface area contributed by atoms with Gasteiger partial charge in [0.1, 0.15) is 5.69 Å². The van der Waals surface area contributed by atoms with Gasteiger partial charge >= 0.3 is 0 Å². The van der Waals surface area contributed by atoms with Gasteiger partial charge in [0.05, 0.1) is 6.04 Å². The molecule has 0 radical (unpaired) electrons. The molecule has 1 unspecified atom stereocenters. The Morgan fingerprint density at radius 1 is 1.22 bits per heavy atom. The van der Waals surface area contributed by atoms with Gasteiger partial charge in [-0.3, -0.25) is 9.98 Å². The fourth-order valence-corrected chi connectivity index (χ4v) is 3.17. The highest BCUT2D eigenvalue weighted by Gasteiger charge is 2.12. The van der Waals surface area contributed by atoms with E-state index in [-0.39, 0.29) is 6.04 Å². The van der Waals surface area contributed by atoms with Gasteiger partial charge in [0.2, 0.25) is 0 Å². The van der Waals surface area contributed by atoms with Crippen molar-refractivity contribution in [1.29, 1.82) is 0 Å². The van der Waals surface area contributed by atoms with Crippen LogP contribution in [0.2, 0.25) is 0 Å². The van der Waals surface area contributed by atoms with E-state index < -0.39 is 0 Å². The van der Waals surface area contributed by atoms with Gasteiger partial charge in [-0.05, 0) is 30.7 Å². The van der Waals surface area contributed by atoms with Crippen molar-refractivity contribution in [2.45, 2.75) is 19.4 Å². The molecule has 0 aliphatic carbocycles.